The number of carbonyl (C=O) groups is 1. The van der Waals surface area contributed by atoms with Crippen molar-refractivity contribution < 1.29 is 50.0 Å². The number of aliphatic hydroxyl groups excluding tert-OH is 7. The molecule has 8 N–H and O–H groups in total. The fourth-order valence-electron chi connectivity index (χ4n) is 8.70. The summed E-state index contributed by atoms with van der Waals surface area (Å²) in [6.07, 6.45) is 38.8. The van der Waals surface area contributed by atoms with Crippen molar-refractivity contribution in [3.63, 3.8) is 0 Å². The Morgan fingerprint density at radius 3 is 1.42 bits per heavy atom. The minimum Gasteiger partial charge on any atom is -0.394 e. The van der Waals surface area contributed by atoms with Gasteiger partial charge in [-0.1, -0.05) is 217 Å². The van der Waals surface area contributed by atoms with Crippen LogP contribution in [0.1, 0.15) is 239 Å². The van der Waals surface area contributed by atoms with E-state index in [2.05, 4.69) is 24.4 Å². The molecule has 0 aromatic heterocycles. The van der Waals surface area contributed by atoms with Crippen LogP contribution in [0.2, 0.25) is 0 Å². The molecule has 1 aliphatic rings. The van der Waals surface area contributed by atoms with E-state index in [0.717, 1.165) is 32.1 Å². The summed E-state index contributed by atoms with van der Waals surface area (Å²) in [5.74, 6) is -0.710. The van der Waals surface area contributed by atoms with E-state index in [4.69, 9.17) is 9.47 Å². The van der Waals surface area contributed by atoms with Gasteiger partial charge in [-0.05, 0) is 45.4 Å². The molecule has 0 aliphatic carbocycles. The third-order valence-electron chi connectivity index (χ3n) is 13.1. The highest BCUT2D eigenvalue weighted by molar-refractivity contribution is 5.80. The van der Waals surface area contributed by atoms with Gasteiger partial charge in [0, 0.05) is 0 Å². The number of ether oxygens (including phenoxy) is 2. The Labute approximate surface area is 391 Å². The Morgan fingerprint density at radius 1 is 0.562 bits per heavy atom. The predicted octanol–water partition coefficient (Wildman–Crippen LogP) is 10.2. The third-order valence-corrected chi connectivity index (χ3v) is 13.1. The van der Waals surface area contributed by atoms with Gasteiger partial charge in [-0.15, -0.1) is 0 Å². The van der Waals surface area contributed by atoms with Crippen molar-refractivity contribution in [1.29, 1.82) is 0 Å². The van der Waals surface area contributed by atoms with Crippen LogP contribution in [0.3, 0.4) is 0 Å². The van der Waals surface area contributed by atoms with Crippen LogP contribution in [0, 0.1) is 0 Å². The SMILES string of the molecule is C/C=C/CC/C=C/CCCC(O)C(O)C(COC1OC(CO)C(O)C(O)C1O)NC(=O)C(O)CCCCCCCCCCCCCCCCCCCCCCCCCCCCCCC. The molecule has 1 amide bonds. The highest BCUT2D eigenvalue weighted by Crippen LogP contribution is 2.23. The Bertz CT molecular complexity index is 1090. The number of nitrogens with one attached hydrogen (secondary N) is 1. The van der Waals surface area contributed by atoms with E-state index in [1.165, 1.54) is 161 Å². The fraction of sp³-hybridized carbons (Fsp3) is 0.906. The van der Waals surface area contributed by atoms with E-state index < -0.39 is 74.2 Å². The number of allylic oxidation sites excluding steroid dienone is 4. The van der Waals surface area contributed by atoms with Gasteiger partial charge in [0.15, 0.2) is 6.29 Å². The van der Waals surface area contributed by atoms with Crippen LogP contribution in [-0.4, -0.2) is 110 Å². The Hall–Kier alpha value is -1.41. The van der Waals surface area contributed by atoms with Crippen molar-refractivity contribution >= 4 is 5.91 Å². The molecule has 0 spiro atoms. The topological polar surface area (TPSA) is 189 Å². The molecule has 0 aromatic rings. The second-order valence-corrected chi connectivity index (χ2v) is 19.0. The Balaban J connectivity index is 2.18. The van der Waals surface area contributed by atoms with Crippen LogP contribution < -0.4 is 5.32 Å². The number of amides is 1. The lowest BCUT2D eigenvalue weighted by atomic mass is 9.98. The zero-order chi connectivity index (χ0) is 46.9. The number of unbranched alkanes of at least 4 members (excludes halogenated alkanes) is 30. The number of rotatable bonds is 45. The van der Waals surface area contributed by atoms with Crippen molar-refractivity contribution in [2.45, 2.75) is 294 Å². The molecule has 0 aromatic carbocycles. The van der Waals surface area contributed by atoms with Gasteiger partial charge in [0.2, 0.25) is 5.91 Å². The monoisotopic (exact) mass is 912 g/mol. The van der Waals surface area contributed by atoms with Gasteiger partial charge >= 0.3 is 0 Å². The molecule has 378 valence electrons. The first kappa shape index (κ1) is 60.6. The largest absolute Gasteiger partial charge is 0.394 e. The molecular weight excluding hydrogens is 811 g/mol. The maximum atomic E-state index is 13.1. The smallest absolute Gasteiger partial charge is 0.249 e. The second-order valence-electron chi connectivity index (χ2n) is 19.0. The molecule has 0 saturated carbocycles. The highest BCUT2D eigenvalue weighted by Gasteiger charge is 2.44. The summed E-state index contributed by atoms with van der Waals surface area (Å²) in [5, 5.41) is 75.5. The molecule has 64 heavy (non-hydrogen) atoms. The molecule has 1 fully saturated rings. The van der Waals surface area contributed by atoms with Crippen LogP contribution in [0.25, 0.3) is 0 Å². The predicted molar refractivity (Wildman–Crippen MR) is 261 cm³/mol. The average molecular weight is 912 g/mol. The minimum absolute atomic E-state index is 0.245. The number of hydrogen-bond donors (Lipinski definition) is 8. The van der Waals surface area contributed by atoms with Gasteiger partial charge in [0.1, 0.15) is 36.6 Å². The van der Waals surface area contributed by atoms with Crippen LogP contribution >= 0.6 is 0 Å². The van der Waals surface area contributed by atoms with Crippen molar-refractivity contribution in [2.75, 3.05) is 13.2 Å². The lowest BCUT2D eigenvalue weighted by molar-refractivity contribution is -0.303. The van der Waals surface area contributed by atoms with Gasteiger partial charge in [-0.3, -0.25) is 4.79 Å². The molecule has 1 aliphatic heterocycles. The molecule has 1 saturated heterocycles. The van der Waals surface area contributed by atoms with Crippen molar-refractivity contribution in [3.8, 4) is 0 Å². The standard InChI is InChI=1S/C53H101NO10/c1-3-5-7-9-11-13-14-15-16-17-18-19-20-21-22-23-24-25-26-27-28-29-30-31-32-33-35-37-39-41-46(57)52(62)54-44(43-63-53-51(61)50(60)49(59)47(42-55)64-53)48(58)45(56)40-38-36-34-12-10-8-6-4-2/h4,6,12,34,44-51,53,55-61H,3,5,7-11,13-33,35-43H2,1-2H3,(H,54,62)/b6-4+,34-12+. The summed E-state index contributed by atoms with van der Waals surface area (Å²) in [4.78, 5) is 13.1. The van der Waals surface area contributed by atoms with Gasteiger partial charge in [-0.25, -0.2) is 0 Å². The van der Waals surface area contributed by atoms with Gasteiger partial charge in [-0.2, -0.15) is 0 Å². The van der Waals surface area contributed by atoms with Gasteiger partial charge in [0.25, 0.3) is 0 Å². The first-order valence-electron chi connectivity index (χ1n) is 26.7. The van der Waals surface area contributed by atoms with Crippen LogP contribution in [0.5, 0.6) is 0 Å². The van der Waals surface area contributed by atoms with Gasteiger partial charge in [0.05, 0.1) is 25.4 Å². The zero-order valence-electron chi connectivity index (χ0n) is 41.0. The first-order valence-corrected chi connectivity index (χ1v) is 26.7. The second kappa shape index (κ2) is 42.9. The van der Waals surface area contributed by atoms with Crippen molar-refractivity contribution in [1.82, 2.24) is 5.32 Å². The van der Waals surface area contributed by atoms with E-state index in [0.29, 0.717) is 19.3 Å². The van der Waals surface area contributed by atoms with Crippen LogP contribution in [0.15, 0.2) is 24.3 Å². The summed E-state index contributed by atoms with van der Waals surface area (Å²) < 4.78 is 11.0. The van der Waals surface area contributed by atoms with Crippen LogP contribution in [0.4, 0.5) is 0 Å². The van der Waals surface area contributed by atoms with Crippen molar-refractivity contribution in [3.05, 3.63) is 24.3 Å². The lowest BCUT2D eigenvalue weighted by Gasteiger charge is -2.40. The van der Waals surface area contributed by atoms with E-state index >= 15 is 0 Å². The maximum absolute atomic E-state index is 13.1. The molecule has 11 nitrogen and oxygen atoms in total. The summed E-state index contributed by atoms with van der Waals surface area (Å²) >= 11 is 0. The number of aliphatic hydroxyl groups is 7. The molecule has 0 radical (unpaired) electrons. The van der Waals surface area contributed by atoms with Gasteiger partial charge < -0.3 is 50.5 Å². The average Bonchev–Trinajstić information content (AvgIpc) is 3.29. The molecule has 0 bridgehead atoms. The lowest BCUT2D eigenvalue weighted by Crippen LogP contribution is -2.60. The van der Waals surface area contributed by atoms with E-state index in [9.17, 15) is 40.5 Å². The maximum Gasteiger partial charge on any atom is 0.249 e. The molecule has 1 heterocycles. The first-order chi connectivity index (χ1) is 31.2. The minimum atomic E-state index is -1.67. The van der Waals surface area contributed by atoms with Crippen LogP contribution in [-0.2, 0) is 14.3 Å². The third kappa shape index (κ3) is 31.5. The summed E-state index contributed by atoms with van der Waals surface area (Å²) in [6.45, 7) is 3.19. The highest BCUT2D eigenvalue weighted by atomic mass is 16.7. The molecular formula is C53H101NO10. The Morgan fingerprint density at radius 2 is 0.984 bits per heavy atom. The summed E-state index contributed by atoms with van der Waals surface area (Å²) in [6, 6.07) is -1.19. The Kier molecular flexibility index (Phi) is 40.6. The molecule has 9 unspecified atom stereocenters. The number of carbonyl (C=O) groups excluding carboxylic acids is 1. The quantitative estimate of drug-likeness (QED) is 0.0216. The number of hydrogen-bond acceptors (Lipinski definition) is 10. The molecule has 11 heteroatoms. The molecule has 1 rings (SSSR count). The summed E-state index contributed by atoms with van der Waals surface area (Å²) in [7, 11) is 0. The zero-order valence-corrected chi connectivity index (χ0v) is 41.0. The van der Waals surface area contributed by atoms with Crippen molar-refractivity contribution in [2.24, 2.45) is 0 Å². The van der Waals surface area contributed by atoms with E-state index in [1.807, 2.05) is 19.1 Å². The fourth-order valence-corrected chi connectivity index (χ4v) is 8.70. The molecule has 9 atom stereocenters. The summed E-state index contributed by atoms with van der Waals surface area (Å²) in [5.41, 5.74) is 0. The van der Waals surface area contributed by atoms with E-state index in [-0.39, 0.29) is 12.8 Å². The normalized spacial score (nSPS) is 21.2. The van der Waals surface area contributed by atoms with E-state index in [1.54, 1.807) is 0 Å².